The van der Waals surface area contributed by atoms with E-state index in [1.807, 2.05) is 35.6 Å². The summed E-state index contributed by atoms with van der Waals surface area (Å²) in [5, 5.41) is 0. The summed E-state index contributed by atoms with van der Waals surface area (Å²) in [5.74, 6) is -0.225. The Hall–Kier alpha value is -0.100. The van der Waals surface area contributed by atoms with Crippen LogP contribution in [0.2, 0.25) is 0 Å². The number of rotatable bonds is 2. The van der Waals surface area contributed by atoms with Gasteiger partial charge < -0.3 is 4.74 Å². The molecule has 0 saturated heterocycles. The topological polar surface area (TPSA) is 26.3 Å². The lowest BCUT2D eigenvalue weighted by atomic mass is 10.4. The third-order valence-electron chi connectivity index (χ3n) is 1.13. The van der Waals surface area contributed by atoms with Crippen LogP contribution in [0.3, 0.4) is 0 Å². The van der Waals surface area contributed by atoms with Gasteiger partial charge in [-0.25, -0.2) is 4.79 Å². The minimum absolute atomic E-state index is 0.225. The van der Waals surface area contributed by atoms with Crippen molar-refractivity contribution in [3.8, 4) is 0 Å². The lowest BCUT2D eigenvalue weighted by molar-refractivity contribution is 0.0596. The number of hydrogen-bond acceptors (Lipinski definition) is 3. The molecule has 0 bridgehead atoms. The molecule has 0 spiro atoms. The predicted molar refractivity (Wildman–Crippen MR) is 53.4 cm³/mol. The van der Waals surface area contributed by atoms with Gasteiger partial charge in [-0.05, 0) is 41.6 Å². The third-order valence-corrected chi connectivity index (χ3v) is 2.42. The summed E-state index contributed by atoms with van der Waals surface area (Å²) in [5.41, 5.74) is 0. The summed E-state index contributed by atoms with van der Waals surface area (Å²) in [6.45, 7) is 1.96. The Kier molecular flexibility index (Phi) is 3.32. The zero-order valence-corrected chi connectivity index (χ0v) is 8.94. The molecule has 0 fully saturated rings. The monoisotopic (exact) mass is 282 g/mol. The van der Waals surface area contributed by atoms with Crippen LogP contribution < -0.4 is 0 Å². The lowest BCUT2D eigenvalue weighted by Crippen LogP contribution is -1.99. The van der Waals surface area contributed by atoms with E-state index in [1.165, 1.54) is 11.3 Å². The fourth-order valence-electron chi connectivity index (χ4n) is 0.665. The van der Waals surface area contributed by atoms with Gasteiger partial charge in [0.2, 0.25) is 0 Å². The average molecular weight is 282 g/mol. The van der Waals surface area contributed by atoms with Crippen LogP contribution in [0.5, 0.6) is 0 Å². The molecule has 2 nitrogen and oxygen atoms in total. The molecule has 4 heteroatoms. The Morgan fingerprint density at radius 3 is 2.91 bits per heavy atom. The highest BCUT2D eigenvalue weighted by Crippen LogP contribution is 2.15. The molecular weight excluding hydrogens is 275 g/mol. The standard InChI is InChI=1S/C7H7IO2S/c1-5-2-3-6(11-5)7(9)10-4-8/h2-3H,4H2,1H3. The molecular formula is C7H7IO2S. The zero-order valence-electron chi connectivity index (χ0n) is 5.96. The summed E-state index contributed by atoms with van der Waals surface area (Å²) >= 11 is 3.46. The van der Waals surface area contributed by atoms with E-state index in [0.717, 1.165) is 4.88 Å². The number of carbonyl (C=O) groups excluding carboxylic acids is 1. The van der Waals surface area contributed by atoms with E-state index in [-0.39, 0.29) is 5.97 Å². The minimum atomic E-state index is -0.225. The van der Waals surface area contributed by atoms with Crippen molar-refractivity contribution in [3.63, 3.8) is 0 Å². The van der Waals surface area contributed by atoms with Crippen LogP contribution in [-0.2, 0) is 4.74 Å². The van der Waals surface area contributed by atoms with Gasteiger partial charge in [0, 0.05) is 4.88 Å². The highest BCUT2D eigenvalue weighted by atomic mass is 127. The summed E-state index contributed by atoms with van der Waals surface area (Å²) in [7, 11) is 0. The summed E-state index contributed by atoms with van der Waals surface area (Å²) in [4.78, 5) is 12.9. The lowest BCUT2D eigenvalue weighted by Gasteiger charge is -1.94. The Labute approximate surface area is 82.7 Å². The fourth-order valence-corrected chi connectivity index (χ4v) is 1.71. The molecule has 60 valence electrons. The summed E-state index contributed by atoms with van der Waals surface area (Å²) in [6.07, 6.45) is 0. The molecule has 0 amide bonds. The first-order valence-corrected chi connectivity index (χ1v) is 5.38. The molecule has 0 unspecified atom stereocenters. The van der Waals surface area contributed by atoms with Crippen molar-refractivity contribution in [2.45, 2.75) is 6.92 Å². The van der Waals surface area contributed by atoms with Crippen LogP contribution in [0.1, 0.15) is 14.5 Å². The van der Waals surface area contributed by atoms with E-state index in [9.17, 15) is 4.79 Å². The van der Waals surface area contributed by atoms with E-state index in [1.54, 1.807) is 6.07 Å². The first-order valence-electron chi connectivity index (χ1n) is 3.03. The van der Waals surface area contributed by atoms with Crippen LogP contribution in [0, 0.1) is 6.92 Å². The predicted octanol–water partition coefficient (Wildman–Crippen LogP) is 2.61. The smallest absolute Gasteiger partial charge is 0.349 e. The second kappa shape index (κ2) is 4.06. The van der Waals surface area contributed by atoms with Gasteiger partial charge >= 0.3 is 5.97 Å². The molecule has 1 rings (SSSR count). The molecule has 0 N–H and O–H groups in total. The van der Waals surface area contributed by atoms with Gasteiger partial charge in [-0.2, -0.15) is 0 Å². The SMILES string of the molecule is Cc1ccc(C(=O)OCI)s1. The highest BCUT2D eigenvalue weighted by Gasteiger charge is 2.07. The largest absolute Gasteiger partial charge is 0.451 e. The van der Waals surface area contributed by atoms with Gasteiger partial charge in [0.1, 0.15) is 9.49 Å². The maximum absolute atomic E-state index is 11.0. The van der Waals surface area contributed by atoms with Crippen molar-refractivity contribution in [3.05, 3.63) is 21.9 Å². The Morgan fingerprint density at radius 2 is 2.45 bits per heavy atom. The quantitative estimate of drug-likeness (QED) is 0.473. The van der Waals surface area contributed by atoms with Gasteiger partial charge in [0.15, 0.2) is 0 Å². The molecule has 0 aliphatic carbocycles. The maximum Gasteiger partial charge on any atom is 0.349 e. The first kappa shape index (κ1) is 8.99. The Balaban J connectivity index is 2.69. The number of hydrogen-bond donors (Lipinski definition) is 0. The molecule has 0 atom stereocenters. The first-order chi connectivity index (χ1) is 5.24. The zero-order chi connectivity index (χ0) is 8.27. The minimum Gasteiger partial charge on any atom is -0.451 e. The van der Waals surface area contributed by atoms with Gasteiger partial charge in [0.25, 0.3) is 0 Å². The van der Waals surface area contributed by atoms with Crippen molar-refractivity contribution in [1.82, 2.24) is 0 Å². The summed E-state index contributed by atoms with van der Waals surface area (Å²) in [6, 6.07) is 3.70. The average Bonchev–Trinajstić information content (AvgIpc) is 2.36. The molecule has 0 aliphatic heterocycles. The summed E-state index contributed by atoms with van der Waals surface area (Å²) < 4.78 is 5.21. The normalized spacial score (nSPS) is 9.64. The van der Waals surface area contributed by atoms with E-state index >= 15 is 0 Å². The number of aryl methyl sites for hydroxylation is 1. The van der Waals surface area contributed by atoms with Crippen molar-refractivity contribution in [2.24, 2.45) is 0 Å². The van der Waals surface area contributed by atoms with Gasteiger partial charge in [0.05, 0.1) is 0 Å². The van der Waals surface area contributed by atoms with Crippen LogP contribution in [0.25, 0.3) is 0 Å². The highest BCUT2D eigenvalue weighted by molar-refractivity contribution is 14.1. The molecule has 0 saturated carbocycles. The molecule has 1 aromatic heterocycles. The van der Waals surface area contributed by atoms with Crippen LogP contribution in [0.4, 0.5) is 0 Å². The number of thiophene rings is 1. The maximum atomic E-state index is 11.0. The molecule has 1 aromatic rings. The van der Waals surface area contributed by atoms with Gasteiger partial charge in [-0.15, -0.1) is 11.3 Å². The second-order valence-corrected chi connectivity index (χ2v) is 3.86. The van der Waals surface area contributed by atoms with Crippen molar-refractivity contribution >= 4 is 39.9 Å². The van der Waals surface area contributed by atoms with Gasteiger partial charge in [-0.3, -0.25) is 0 Å². The van der Waals surface area contributed by atoms with E-state index in [4.69, 9.17) is 4.74 Å². The molecule has 0 radical (unpaired) electrons. The van der Waals surface area contributed by atoms with Crippen LogP contribution >= 0.6 is 33.9 Å². The second-order valence-electron chi connectivity index (χ2n) is 1.95. The van der Waals surface area contributed by atoms with E-state index in [2.05, 4.69) is 0 Å². The van der Waals surface area contributed by atoms with Crippen LogP contribution in [0.15, 0.2) is 12.1 Å². The molecule has 1 heterocycles. The number of alkyl halides is 1. The number of esters is 1. The number of halogens is 1. The van der Waals surface area contributed by atoms with E-state index < -0.39 is 0 Å². The molecule has 0 aliphatic rings. The van der Waals surface area contributed by atoms with Crippen molar-refractivity contribution in [1.29, 1.82) is 0 Å². The Morgan fingerprint density at radius 1 is 1.73 bits per heavy atom. The molecule has 11 heavy (non-hydrogen) atoms. The van der Waals surface area contributed by atoms with Crippen molar-refractivity contribution < 1.29 is 9.53 Å². The third kappa shape index (κ3) is 2.44. The Bertz CT molecular complexity index is 257. The molecule has 0 aromatic carbocycles. The number of ether oxygens (including phenoxy) is 1. The van der Waals surface area contributed by atoms with Crippen molar-refractivity contribution in [2.75, 3.05) is 4.61 Å². The fraction of sp³-hybridized carbons (Fsp3) is 0.286. The van der Waals surface area contributed by atoms with E-state index in [0.29, 0.717) is 9.49 Å². The van der Waals surface area contributed by atoms with Gasteiger partial charge in [-0.1, -0.05) is 0 Å². The number of carbonyl (C=O) groups is 1. The van der Waals surface area contributed by atoms with Crippen LogP contribution in [-0.4, -0.2) is 10.6 Å².